The second kappa shape index (κ2) is 8.95. The molecule has 39 heavy (non-hydrogen) atoms. The van der Waals surface area contributed by atoms with E-state index in [1.807, 2.05) is 13.8 Å². The first-order chi connectivity index (χ1) is 17.8. The number of aliphatic hydroxyl groups is 1. The van der Waals surface area contributed by atoms with Crippen LogP contribution in [0.4, 0.5) is 0 Å². The van der Waals surface area contributed by atoms with Crippen LogP contribution in [0.25, 0.3) is 0 Å². The second-order valence-corrected chi connectivity index (χ2v) is 16.7. The second-order valence-electron chi connectivity index (χ2n) is 16.7. The Bertz CT molecular complexity index is 1010. The van der Waals surface area contributed by atoms with Gasteiger partial charge in [0.15, 0.2) is 0 Å². The topological polar surface area (TPSA) is 72.8 Å². The molecule has 5 fully saturated rings. The molecular weight excluding hydrogens is 488 g/mol. The van der Waals surface area contributed by atoms with Gasteiger partial charge in [-0.15, -0.1) is 0 Å². The summed E-state index contributed by atoms with van der Waals surface area (Å²) in [4.78, 5) is 24.6. The van der Waals surface area contributed by atoms with Crippen molar-refractivity contribution in [1.82, 2.24) is 0 Å². The lowest BCUT2D eigenvalue weighted by Gasteiger charge is -2.74. The van der Waals surface area contributed by atoms with Crippen LogP contribution in [0.5, 0.6) is 0 Å². The van der Waals surface area contributed by atoms with E-state index in [1.54, 1.807) is 0 Å². The van der Waals surface area contributed by atoms with Gasteiger partial charge in [-0.05, 0) is 111 Å². The molecular formula is C34H56O5. The highest BCUT2D eigenvalue weighted by Crippen LogP contribution is 2.78. The normalized spacial score (nSPS) is 50.6. The molecule has 0 aromatic carbocycles. The van der Waals surface area contributed by atoms with E-state index in [0.29, 0.717) is 36.0 Å². The molecule has 0 aromatic heterocycles. The molecule has 0 radical (unpaired) electrons. The van der Waals surface area contributed by atoms with Crippen LogP contribution in [0.2, 0.25) is 0 Å². The number of esters is 2. The third-order valence-electron chi connectivity index (χ3n) is 14.5. The lowest BCUT2D eigenvalue weighted by atomic mass is 9.31. The number of carbonyl (C=O) groups excluding carboxylic acids is 2. The Hall–Kier alpha value is -1.10. The molecule has 0 bridgehead atoms. The fourth-order valence-electron chi connectivity index (χ4n) is 12.7. The van der Waals surface area contributed by atoms with Crippen molar-refractivity contribution < 1.29 is 24.2 Å². The van der Waals surface area contributed by atoms with Gasteiger partial charge in [-0.3, -0.25) is 9.59 Å². The molecule has 5 aliphatic rings. The molecule has 5 nitrogen and oxygen atoms in total. The molecule has 5 aliphatic carbocycles. The van der Waals surface area contributed by atoms with Crippen molar-refractivity contribution in [1.29, 1.82) is 0 Å². The summed E-state index contributed by atoms with van der Waals surface area (Å²) in [5.74, 6) is 1.89. The number of ether oxygens (including phenoxy) is 2. The average Bonchev–Trinajstić information content (AvgIpc) is 3.15. The van der Waals surface area contributed by atoms with Gasteiger partial charge in [0.2, 0.25) is 0 Å². The smallest absolute Gasteiger partial charge is 0.302 e. The molecule has 5 rings (SSSR count). The number of carbonyl (C=O) groups is 2. The minimum Gasteiger partial charge on any atom is -0.462 e. The van der Waals surface area contributed by atoms with Crippen LogP contribution in [0, 0.1) is 56.7 Å². The van der Waals surface area contributed by atoms with E-state index in [9.17, 15) is 14.7 Å². The maximum absolute atomic E-state index is 12.5. The van der Waals surface area contributed by atoms with Gasteiger partial charge in [-0.25, -0.2) is 0 Å². The van der Waals surface area contributed by atoms with Crippen molar-refractivity contribution in [3.63, 3.8) is 0 Å². The number of hydrogen-bond acceptors (Lipinski definition) is 5. The first kappa shape index (κ1) is 29.4. The fraction of sp³-hybridized carbons (Fsp3) is 0.941. The van der Waals surface area contributed by atoms with E-state index in [4.69, 9.17) is 9.47 Å². The van der Waals surface area contributed by atoms with E-state index < -0.39 is 5.60 Å². The van der Waals surface area contributed by atoms with Crippen molar-refractivity contribution in [2.45, 2.75) is 145 Å². The monoisotopic (exact) mass is 544 g/mol. The molecule has 0 aromatic rings. The van der Waals surface area contributed by atoms with E-state index in [0.717, 1.165) is 19.3 Å². The molecule has 11 unspecified atom stereocenters. The zero-order valence-electron chi connectivity index (χ0n) is 26.5. The van der Waals surface area contributed by atoms with Crippen molar-refractivity contribution in [3.05, 3.63) is 0 Å². The highest BCUT2D eigenvalue weighted by molar-refractivity contribution is 5.67. The van der Waals surface area contributed by atoms with Crippen LogP contribution in [0.3, 0.4) is 0 Å². The molecule has 1 N–H and O–H groups in total. The van der Waals surface area contributed by atoms with Crippen LogP contribution in [-0.4, -0.2) is 34.9 Å². The Morgan fingerprint density at radius 2 is 1.26 bits per heavy atom. The summed E-state index contributed by atoms with van der Waals surface area (Å²) in [6.07, 6.45) is 9.47. The quantitative estimate of drug-likeness (QED) is 0.377. The first-order valence-corrected chi connectivity index (χ1v) is 15.9. The van der Waals surface area contributed by atoms with E-state index >= 15 is 0 Å². The predicted octanol–water partition coefficient (Wildman–Crippen LogP) is 7.33. The highest BCUT2D eigenvalue weighted by Gasteiger charge is 2.73. The molecule has 11 atom stereocenters. The van der Waals surface area contributed by atoms with Gasteiger partial charge in [-0.2, -0.15) is 0 Å². The van der Waals surface area contributed by atoms with Crippen LogP contribution < -0.4 is 0 Å². The van der Waals surface area contributed by atoms with E-state index in [1.165, 1.54) is 46.0 Å². The number of rotatable bonds is 3. The molecule has 222 valence electrons. The summed E-state index contributed by atoms with van der Waals surface area (Å²) >= 11 is 0. The largest absolute Gasteiger partial charge is 0.462 e. The Morgan fingerprint density at radius 1 is 0.718 bits per heavy atom. The summed E-state index contributed by atoms with van der Waals surface area (Å²) in [7, 11) is 0. The van der Waals surface area contributed by atoms with Crippen molar-refractivity contribution >= 4 is 11.9 Å². The predicted molar refractivity (Wildman–Crippen MR) is 153 cm³/mol. The summed E-state index contributed by atoms with van der Waals surface area (Å²) in [6.45, 7) is 21.8. The van der Waals surface area contributed by atoms with Gasteiger partial charge in [0.25, 0.3) is 0 Å². The molecule has 0 aliphatic heterocycles. The van der Waals surface area contributed by atoms with Gasteiger partial charge in [0.1, 0.15) is 12.2 Å². The Kier molecular flexibility index (Phi) is 6.74. The van der Waals surface area contributed by atoms with E-state index in [-0.39, 0.29) is 51.2 Å². The van der Waals surface area contributed by atoms with Crippen LogP contribution in [0.15, 0.2) is 0 Å². The zero-order valence-corrected chi connectivity index (χ0v) is 26.5. The standard InChI is InChI=1S/C34H56O5/c1-20(35)38-27-19-28(39-21(2)36)34(10)24(29(27,3)4)15-18-33(9)26(34)12-11-25-31(7)16-13-22(30(5,6)37)23(31)14-17-32(25,33)8/h22-28,37H,11-19H2,1-10H3. The van der Waals surface area contributed by atoms with Crippen molar-refractivity contribution in [2.24, 2.45) is 56.7 Å². The van der Waals surface area contributed by atoms with Crippen LogP contribution in [0.1, 0.15) is 127 Å². The highest BCUT2D eigenvalue weighted by atomic mass is 16.6. The van der Waals surface area contributed by atoms with Gasteiger partial charge in [-0.1, -0.05) is 41.5 Å². The minimum atomic E-state index is -0.619. The molecule has 0 saturated heterocycles. The molecule has 5 heteroatoms. The maximum Gasteiger partial charge on any atom is 0.302 e. The summed E-state index contributed by atoms with van der Waals surface area (Å²) in [5, 5.41) is 11.1. The summed E-state index contributed by atoms with van der Waals surface area (Å²) in [5.41, 5.74) is -0.357. The lowest BCUT2D eigenvalue weighted by molar-refractivity contribution is -0.282. The average molecular weight is 545 g/mol. The summed E-state index contributed by atoms with van der Waals surface area (Å²) in [6, 6.07) is 0. The Labute approximate surface area is 237 Å². The first-order valence-electron chi connectivity index (χ1n) is 15.9. The number of fused-ring (bicyclic) bond motifs is 7. The van der Waals surface area contributed by atoms with Crippen molar-refractivity contribution in [3.8, 4) is 0 Å². The van der Waals surface area contributed by atoms with Crippen LogP contribution >= 0.6 is 0 Å². The van der Waals surface area contributed by atoms with Crippen molar-refractivity contribution in [2.75, 3.05) is 0 Å². The third kappa shape index (κ3) is 3.93. The summed E-state index contributed by atoms with van der Waals surface area (Å²) < 4.78 is 12.1. The SMILES string of the molecule is CC(=O)OC1CC(OC(C)=O)C2(C)C(CCC3(C)C2CCC2C4(C)CCC(C(C)(C)O)C4CCC23C)C1(C)C. The number of hydrogen-bond donors (Lipinski definition) is 1. The zero-order chi connectivity index (χ0) is 29.0. The van der Waals surface area contributed by atoms with Gasteiger partial charge < -0.3 is 14.6 Å². The minimum absolute atomic E-state index is 0.144. The fourth-order valence-corrected chi connectivity index (χ4v) is 12.7. The molecule has 0 amide bonds. The lowest BCUT2D eigenvalue weighted by Crippen LogP contribution is -2.70. The molecule has 0 spiro atoms. The third-order valence-corrected chi connectivity index (χ3v) is 14.5. The molecule has 5 saturated carbocycles. The Morgan fingerprint density at radius 3 is 1.85 bits per heavy atom. The van der Waals surface area contributed by atoms with Gasteiger partial charge in [0, 0.05) is 31.1 Å². The van der Waals surface area contributed by atoms with Gasteiger partial charge in [0.05, 0.1) is 5.60 Å². The van der Waals surface area contributed by atoms with Crippen LogP contribution in [-0.2, 0) is 19.1 Å². The molecule has 0 heterocycles. The Balaban J connectivity index is 1.55. The maximum atomic E-state index is 12.5. The van der Waals surface area contributed by atoms with E-state index in [2.05, 4.69) is 41.5 Å². The van der Waals surface area contributed by atoms with Gasteiger partial charge >= 0.3 is 11.9 Å².